The molecule has 2 saturated heterocycles. The topological polar surface area (TPSA) is 62.3 Å². The standard InChI is InChI=1S/C19H27N3O2.C2H6/c1-13(2)3-4-14-9-10-22(12-14)17-7-5-15(11-20-17)16-6-8-18(23)21-19(16)24;1-2/h5,7,11,13-14,16H,3-4,6,8-10,12H2,1-2H3,(H,21,23,24);1-2H3. The number of piperidine rings is 1. The Labute approximate surface area is 157 Å². The number of anilines is 1. The van der Waals surface area contributed by atoms with Gasteiger partial charge in [0.2, 0.25) is 11.8 Å². The van der Waals surface area contributed by atoms with Gasteiger partial charge in [0.15, 0.2) is 0 Å². The molecule has 0 bridgehead atoms. The minimum absolute atomic E-state index is 0.176. The summed E-state index contributed by atoms with van der Waals surface area (Å²) in [6, 6.07) is 4.01. The molecular weight excluding hydrogens is 326 g/mol. The summed E-state index contributed by atoms with van der Waals surface area (Å²) in [7, 11) is 0. The first-order valence-electron chi connectivity index (χ1n) is 10.1. The second-order valence-electron chi connectivity index (χ2n) is 7.53. The van der Waals surface area contributed by atoms with Crippen molar-refractivity contribution in [2.45, 2.75) is 65.7 Å². The fourth-order valence-corrected chi connectivity index (χ4v) is 3.65. The van der Waals surface area contributed by atoms with Gasteiger partial charge in [-0.15, -0.1) is 0 Å². The van der Waals surface area contributed by atoms with E-state index in [1.54, 1.807) is 6.20 Å². The van der Waals surface area contributed by atoms with E-state index in [1.165, 1.54) is 19.3 Å². The maximum absolute atomic E-state index is 11.9. The van der Waals surface area contributed by atoms with Crippen LogP contribution in [-0.4, -0.2) is 29.9 Å². The SMILES string of the molecule is CC.CC(C)CCC1CCN(c2ccc(C3CCC(=O)NC3=O)cn2)C1. The third-order valence-corrected chi connectivity index (χ3v) is 5.17. The number of hydrogen-bond acceptors (Lipinski definition) is 4. The van der Waals surface area contributed by atoms with Gasteiger partial charge < -0.3 is 4.90 Å². The lowest BCUT2D eigenvalue weighted by Crippen LogP contribution is -2.39. The fourth-order valence-electron chi connectivity index (χ4n) is 3.65. The van der Waals surface area contributed by atoms with Gasteiger partial charge in [0, 0.05) is 25.7 Å². The van der Waals surface area contributed by atoms with E-state index in [1.807, 2.05) is 26.0 Å². The Bertz CT molecular complexity index is 598. The third kappa shape index (κ3) is 5.29. The van der Waals surface area contributed by atoms with E-state index in [0.717, 1.165) is 36.3 Å². The van der Waals surface area contributed by atoms with Gasteiger partial charge in [-0.1, -0.05) is 40.2 Å². The van der Waals surface area contributed by atoms with Crippen LogP contribution in [0.25, 0.3) is 0 Å². The van der Waals surface area contributed by atoms with Gasteiger partial charge in [0.05, 0.1) is 5.92 Å². The molecule has 2 aliphatic rings. The van der Waals surface area contributed by atoms with Crippen LogP contribution in [0.3, 0.4) is 0 Å². The van der Waals surface area contributed by atoms with Crippen LogP contribution in [0, 0.1) is 11.8 Å². The second-order valence-corrected chi connectivity index (χ2v) is 7.53. The number of imide groups is 1. The summed E-state index contributed by atoms with van der Waals surface area (Å²) in [6.45, 7) is 10.7. The Morgan fingerprint density at radius 2 is 2.00 bits per heavy atom. The molecular formula is C21H33N3O2. The molecule has 0 aliphatic carbocycles. The Morgan fingerprint density at radius 1 is 1.23 bits per heavy atom. The largest absolute Gasteiger partial charge is 0.356 e. The number of nitrogens with one attached hydrogen (secondary N) is 1. The van der Waals surface area contributed by atoms with E-state index >= 15 is 0 Å². The van der Waals surface area contributed by atoms with Crippen LogP contribution in [0.2, 0.25) is 0 Å². The van der Waals surface area contributed by atoms with E-state index in [4.69, 9.17) is 0 Å². The molecule has 0 radical (unpaired) electrons. The van der Waals surface area contributed by atoms with Crippen molar-refractivity contribution in [2.24, 2.45) is 11.8 Å². The average molecular weight is 360 g/mol. The van der Waals surface area contributed by atoms with Crippen molar-refractivity contribution in [1.29, 1.82) is 0 Å². The Balaban J connectivity index is 0.00000117. The zero-order valence-corrected chi connectivity index (χ0v) is 16.6. The zero-order valence-electron chi connectivity index (χ0n) is 16.6. The van der Waals surface area contributed by atoms with Crippen LogP contribution in [0.1, 0.15) is 71.3 Å². The highest BCUT2D eigenvalue weighted by Crippen LogP contribution is 2.29. The van der Waals surface area contributed by atoms with Crippen molar-refractivity contribution in [3.05, 3.63) is 23.9 Å². The van der Waals surface area contributed by atoms with E-state index in [9.17, 15) is 9.59 Å². The normalized spacial score (nSPS) is 22.9. The van der Waals surface area contributed by atoms with Gasteiger partial charge in [0.1, 0.15) is 5.82 Å². The lowest BCUT2D eigenvalue weighted by atomic mass is 9.92. The van der Waals surface area contributed by atoms with Crippen molar-refractivity contribution in [1.82, 2.24) is 10.3 Å². The van der Waals surface area contributed by atoms with E-state index in [2.05, 4.69) is 29.0 Å². The molecule has 144 valence electrons. The molecule has 2 amide bonds. The lowest BCUT2D eigenvalue weighted by Gasteiger charge is -2.22. The summed E-state index contributed by atoms with van der Waals surface area (Å²) in [5, 5.41) is 2.41. The maximum Gasteiger partial charge on any atom is 0.234 e. The molecule has 5 nitrogen and oxygen atoms in total. The molecule has 0 aromatic carbocycles. The van der Waals surface area contributed by atoms with Gasteiger partial charge in [-0.05, 0) is 42.7 Å². The Hall–Kier alpha value is -1.91. The van der Waals surface area contributed by atoms with E-state index in [-0.39, 0.29) is 17.7 Å². The molecule has 2 atom stereocenters. The van der Waals surface area contributed by atoms with Crippen LogP contribution in [-0.2, 0) is 9.59 Å². The Morgan fingerprint density at radius 3 is 2.62 bits per heavy atom. The average Bonchev–Trinajstić information content (AvgIpc) is 3.11. The smallest absolute Gasteiger partial charge is 0.234 e. The Kier molecular flexibility index (Phi) is 7.61. The highest BCUT2D eigenvalue weighted by atomic mass is 16.2. The quantitative estimate of drug-likeness (QED) is 0.810. The fraction of sp³-hybridized carbons (Fsp3) is 0.667. The molecule has 2 fully saturated rings. The van der Waals surface area contributed by atoms with Gasteiger partial charge in [-0.3, -0.25) is 14.9 Å². The first-order valence-corrected chi connectivity index (χ1v) is 10.1. The minimum Gasteiger partial charge on any atom is -0.356 e. The molecule has 2 aliphatic heterocycles. The predicted octanol–water partition coefficient (Wildman–Crippen LogP) is 3.89. The molecule has 5 heteroatoms. The van der Waals surface area contributed by atoms with Crippen LogP contribution in [0.5, 0.6) is 0 Å². The first-order chi connectivity index (χ1) is 12.5. The van der Waals surface area contributed by atoms with Crippen molar-refractivity contribution in [3.8, 4) is 0 Å². The van der Waals surface area contributed by atoms with Crippen LogP contribution in [0.15, 0.2) is 18.3 Å². The summed E-state index contributed by atoms with van der Waals surface area (Å²) < 4.78 is 0. The van der Waals surface area contributed by atoms with Crippen molar-refractivity contribution < 1.29 is 9.59 Å². The number of carbonyl (C=O) groups excluding carboxylic acids is 2. The number of hydrogen-bond donors (Lipinski definition) is 1. The summed E-state index contributed by atoms with van der Waals surface area (Å²) in [5.41, 5.74) is 0.902. The number of rotatable bonds is 5. The molecule has 0 spiro atoms. The van der Waals surface area contributed by atoms with Gasteiger partial charge in [-0.2, -0.15) is 0 Å². The number of nitrogens with zero attached hydrogens (tertiary/aromatic N) is 2. The summed E-state index contributed by atoms with van der Waals surface area (Å²) in [6.07, 6.45) is 6.61. The third-order valence-electron chi connectivity index (χ3n) is 5.17. The molecule has 3 heterocycles. The zero-order chi connectivity index (χ0) is 19.1. The molecule has 1 aromatic rings. The lowest BCUT2D eigenvalue weighted by molar-refractivity contribution is -0.134. The highest BCUT2D eigenvalue weighted by Gasteiger charge is 2.29. The van der Waals surface area contributed by atoms with Gasteiger partial charge >= 0.3 is 0 Å². The van der Waals surface area contributed by atoms with Gasteiger partial charge in [-0.25, -0.2) is 4.98 Å². The van der Waals surface area contributed by atoms with E-state index < -0.39 is 0 Å². The molecule has 0 saturated carbocycles. The molecule has 3 rings (SSSR count). The molecule has 1 N–H and O–H groups in total. The highest BCUT2D eigenvalue weighted by molar-refractivity contribution is 6.00. The van der Waals surface area contributed by atoms with Gasteiger partial charge in [0.25, 0.3) is 0 Å². The number of carbonyl (C=O) groups is 2. The van der Waals surface area contributed by atoms with Crippen molar-refractivity contribution in [3.63, 3.8) is 0 Å². The molecule has 26 heavy (non-hydrogen) atoms. The van der Waals surface area contributed by atoms with Crippen molar-refractivity contribution >= 4 is 17.6 Å². The maximum atomic E-state index is 11.9. The van der Waals surface area contributed by atoms with Crippen LogP contribution < -0.4 is 10.2 Å². The molecule has 2 unspecified atom stereocenters. The van der Waals surface area contributed by atoms with Crippen LogP contribution in [0.4, 0.5) is 5.82 Å². The van der Waals surface area contributed by atoms with Crippen LogP contribution >= 0.6 is 0 Å². The molecule has 1 aromatic heterocycles. The minimum atomic E-state index is -0.249. The van der Waals surface area contributed by atoms with Crippen molar-refractivity contribution in [2.75, 3.05) is 18.0 Å². The predicted molar refractivity (Wildman–Crippen MR) is 105 cm³/mol. The number of aromatic nitrogens is 1. The van der Waals surface area contributed by atoms with E-state index in [0.29, 0.717) is 12.8 Å². The summed E-state index contributed by atoms with van der Waals surface area (Å²) in [5.74, 6) is 1.91. The summed E-state index contributed by atoms with van der Waals surface area (Å²) >= 11 is 0. The number of amides is 2. The summed E-state index contributed by atoms with van der Waals surface area (Å²) in [4.78, 5) is 30.1. The first kappa shape index (κ1) is 20.4. The number of pyridine rings is 1. The second kappa shape index (κ2) is 9.70. The monoisotopic (exact) mass is 359 g/mol.